The average Bonchev–Trinajstić information content (AvgIpc) is 4.00. The predicted octanol–water partition coefficient (Wildman–Crippen LogP) is 15.6. The van der Waals surface area contributed by atoms with Crippen molar-refractivity contribution in [3.8, 4) is 39.1 Å². The van der Waals surface area contributed by atoms with E-state index in [2.05, 4.69) is 228 Å². The van der Waals surface area contributed by atoms with Gasteiger partial charge in [-0.15, -0.1) is 0 Å². The van der Waals surface area contributed by atoms with Gasteiger partial charge in [0.2, 0.25) is 0 Å². The normalized spacial score (nSPS) is 14.2. The van der Waals surface area contributed by atoms with Gasteiger partial charge in [-0.3, -0.25) is 0 Å². The van der Waals surface area contributed by atoms with Gasteiger partial charge in [0.25, 0.3) is 0 Å². The van der Waals surface area contributed by atoms with Gasteiger partial charge in [0, 0.05) is 38.9 Å². The Bertz CT molecular complexity index is 3400. The Morgan fingerprint density at radius 1 is 0.444 bits per heavy atom. The number of nitrogens with zero attached hydrogens (tertiary/aromatic N) is 2. The Balaban J connectivity index is 0.849. The highest BCUT2D eigenvalue weighted by atomic mass is 15.1. The smallest absolute Gasteiger partial charge is 0.0544 e. The van der Waals surface area contributed by atoms with Crippen LogP contribution in [0.5, 0.6) is 0 Å². The van der Waals surface area contributed by atoms with E-state index in [1.54, 1.807) is 0 Å². The van der Waals surface area contributed by atoms with Gasteiger partial charge in [-0.2, -0.15) is 0 Å². The van der Waals surface area contributed by atoms with Crippen molar-refractivity contribution in [2.75, 3.05) is 4.90 Å². The lowest BCUT2D eigenvalue weighted by Gasteiger charge is -2.30. The Morgan fingerprint density at radius 3 is 1.79 bits per heavy atom. The van der Waals surface area contributed by atoms with Crippen LogP contribution in [-0.2, 0) is 24.7 Å². The molecular weight excluding hydrogens is 761 g/mol. The molecule has 0 radical (unpaired) electrons. The molecule has 0 saturated heterocycles. The summed E-state index contributed by atoms with van der Waals surface area (Å²) in [5.41, 5.74) is 23.4. The SMILES string of the molecule is C1=Cc2ccc3c(c2CC1)c1cc(-c2ccc(-c4ccc(N(c5ccccc5)c5ccc6c(c5)C5(Cc7ccccc7C5)c5ccccc5-6)cc4)cc2)ccc1n3-c1ccccc1. The van der Waals surface area contributed by atoms with E-state index in [-0.39, 0.29) is 5.41 Å². The maximum absolute atomic E-state index is 2.49. The Labute approximate surface area is 368 Å². The van der Waals surface area contributed by atoms with Gasteiger partial charge in [-0.1, -0.05) is 152 Å². The first kappa shape index (κ1) is 36.0. The van der Waals surface area contributed by atoms with Gasteiger partial charge in [-0.05, 0) is 159 Å². The number of hydrogen-bond acceptors (Lipinski definition) is 1. The Kier molecular flexibility index (Phi) is 8.11. The van der Waals surface area contributed by atoms with Crippen LogP contribution in [0.3, 0.4) is 0 Å². The van der Waals surface area contributed by atoms with Crippen molar-refractivity contribution in [3.05, 3.63) is 246 Å². The molecule has 3 aliphatic carbocycles. The topological polar surface area (TPSA) is 8.17 Å². The van der Waals surface area contributed by atoms with Crippen molar-refractivity contribution in [1.29, 1.82) is 0 Å². The highest BCUT2D eigenvalue weighted by Gasteiger charge is 2.47. The van der Waals surface area contributed by atoms with Crippen LogP contribution in [-0.4, -0.2) is 4.57 Å². The van der Waals surface area contributed by atoms with E-state index < -0.39 is 0 Å². The number of aryl methyl sites for hydroxylation is 1. The lowest BCUT2D eigenvalue weighted by atomic mass is 9.75. The molecule has 0 N–H and O–H groups in total. The summed E-state index contributed by atoms with van der Waals surface area (Å²) in [6.45, 7) is 0. The van der Waals surface area contributed by atoms with Crippen molar-refractivity contribution >= 4 is 44.9 Å². The minimum absolute atomic E-state index is 0.0617. The molecule has 63 heavy (non-hydrogen) atoms. The predicted molar refractivity (Wildman–Crippen MR) is 264 cm³/mol. The number of para-hydroxylation sites is 2. The summed E-state index contributed by atoms with van der Waals surface area (Å²) < 4.78 is 2.44. The lowest BCUT2D eigenvalue weighted by Crippen LogP contribution is -2.26. The second-order valence-corrected chi connectivity index (χ2v) is 17.6. The molecule has 0 bridgehead atoms. The largest absolute Gasteiger partial charge is 0.310 e. The molecule has 9 aromatic carbocycles. The van der Waals surface area contributed by atoms with Gasteiger partial charge in [0.15, 0.2) is 0 Å². The van der Waals surface area contributed by atoms with E-state index >= 15 is 0 Å². The van der Waals surface area contributed by atoms with Crippen LogP contribution in [0.4, 0.5) is 17.1 Å². The van der Waals surface area contributed by atoms with Crippen molar-refractivity contribution in [2.45, 2.75) is 31.1 Å². The third-order valence-corrected chi connectivity index (χ3v) is 14.3. The molecule has 0 aliphatic heterocycles. The number of allylic oxidation sites excluding steroid dienone is 1. The van der Waals surface area contributed by atoms with Gasteiger partial charge < -0.3 is 9.47 Å². The van der Waals surface area contributed by atoms with Crippen LogP contribution in [0, 0.1) is 0 Å². The molecule has 1 spiro atoms. The third-order valence-electron chi connectivity index (χ3n) is 14.3. The second kappa shape index (κ2) is 14.2. The summed E-state index contributed by atoms with van der Waals surface area (Å²) >= 11 is 0. The van der Waals surface area contributed by atoms with Crippen molar-refractivity contribution in [2.24, 2.45) is 0 Å². The molecule has 10 aromatic rings. The fraction of sp³-hybridized carbons (Fsp3) is 0.0820. The zero-order chi connectivity index (χ0) is 41.5. The number of aromatic nitrogens is 1. The monoisotopic (exact) mass is 804 g/mol. The molecule has 0 fully saturated rings. The van der Waals surface area contributed by atoms with Crippen LogP contribution in [0.25, 0.3) is 66.9 Å². The maximum Gasteiger partial charge on any atom is 0.0544 e. The van der Waals surface area contributed by atoms with Crippen LogP contribution in [0.15, 0.2) is 212 Å². The van der Waals surface area contributed by atoms with E-state index in [1.165, 1.54) is 99.9 Å². The summed E-state index contributed by atoms with van der Waals surface area (Å²) in [6, 6.07) is 76.8. The summed E-state index contributed by atoms with van der Waals surface area (Å²) in [5, 5.41) is 2.70. The first-order chi connectivity index (χ1) is 31.2. The standard InChI is InChI=1S/C61H44N2/c1-3-16-48(17-4-1)62(51-33-34-54-53-21-11-12-22-56(53)61(57(54)38-51)39-46-14-7-8-15-47(46)40-61)50-31-27-42(28-32-50)41-23-25-43(26-24-41)45-30-35-58-55(37-45)60-52-20-10-9-13-44(52)29-36-59(60)63(58)49-18-5-2-6-19-49/h1-9,11-19,21-38H,10,20,39-40H2. The minimum atomic E-state index is -0.0617. The van der Waals surface area contributed by atoms with Crippen molar-refractivity contribution in [1.82, 2.24) is 4.57 Å². The van der Waals surface area contributed by atoms with E-state index in [1.807, 2.05) is 0 Å². The number of anilines is 3. The first-order valence-corrected chi connectivity index (χ1v) is 22.4. The summed E-state index contributed by atoms with van der Waals surface area (Å²) in [5.74, 6) is 0. The molecule has 0 atom stereocenters. The Hall–Kier alpha value is -7.68. The lowest BCUT2D eigenvalue weighted by molar-refractivity contribution is 0.563. The van der Waals surface area contributed by atoms with E-state index in [0.717, 1.165) is 37.1 Å². The fourth-order valence-corrected chi connectivity index (χ4v) is 11.4. The van der Waals surface area contributed by atoms with Crippen LogP contribution in [0.1, 0.15) is 39.8 Å². The average molecular weight is 805 g/mol. The highest BCUT2D eigenvalue weighted by molar-refractivity contribution is 6.13. The minimum Gasteiger partial charge on any atom is -0.310 e. The maximum atomic E-state index is 2.49. The van der Waals surface area contributed by atoms with Crippen LogP contribution < -0.4 is 4.90 Å². The van der Waals surface area contributed by atoms with E-state index in [4.69, 9.17) is 0 Å². The van der Waals surface area contributed by atoms with Gasteiger partial charge in [-0.25, -0.2) is 0 Å². The molecule has 0 saturated carbocycles. The fourth-order valence-electron chi connectivity index (χ4n) is 11.4. The number of rotatable bonds is 6. The number of benzene rings is 9. The molecule has 0 amide bonds. The summed E-state index contributed by atoms with van der Waals surface area (Å²) in [7, 11) is 0. The Morgan fingerprint density at radius 2 is 1.03 bits per heavy atom. The molecule has 2 nitrogen and oxygen atoms in total. The van der Waals surface area contributed by atoms with E-state index in [0.29, 0.717) is 0 Å². The van der Waals surface area contributed by atoms with Gasteiger partial charge >= 0.3 is 0 Å². The number of fused-ring (bicyclic) bond motifs is 11. The second-order valence-electron chi connectivity index (χ2n) is 17.6. The molecular formula is C61H44N2. The zero-order valence-electron chi connectivity index (χ0n) is 35.0. The zero-order valence-corrected chi connectivity index (χ0v) is 35.0. The van der Waals surface area contributed by atoms with E-state index in [9.17, 15) is 0 Å². The van der Waals surface area contributed by atoms with Crippen molar-refractivity contribution < 1.29 is 0 Å². The third kappa shape index (κ3) is 5.64. The van der Waals surface area contributed by atoms with Crippen molar-refractivity contribution in [3.63, 3.8) is 0 Å². The molecule has 0 unspecified atom stereocenters. The first-order valence-electron chi connectivity index (χ1n) is 22.4. The molecule has 2 heteroatoms. The molecule has 1 aromatic heterocycles. The van der Waals surface area contributed by atoms with Gasteiger partial charge in [0.1, 0.15) is 0 Å². The highest BCUT2D eigenvalue weighted by Crippen LogP contribution is 2.56. The number of hydrogen-bond donors (Lipinski definition) is 0. The summed E-state index contributed by atoms with van der Waals surface area (Å²) in [6.07, 6.45) is 8.81. The molecule has 13 rings (SSSR count). The van der Waals surface area contributed by atoms with Crippen LogP contribution >= 0.6 is 0 Å². The summed E-state index contributed by atoms with van der Waals surface area (Å²) in [4.78, 5) is 2.42. The molecule has 298 valence electrons. The van der Waals surface area contributed by atoms with Gasteiger partial charge in [0.05, 0.1) is 11.0 Å². The molecule has 1 heterocycles. The quantitative estimate of drug-likeness (QED) is 0.163. The van der Waals surface area contributed by atoms with Crippen LogP contribution in [0.2, 0.25) is 0 Å². The molecule has 3 aliphatic rings.